The molecule has 0 aliphatic heterocycles. The zero-order chi connectivity index (χ0) is 16.2. The molecular formula is C19H20N2O2. The highest BCUT2D eigenvalue weighted by atomic mass is 16.3. The fraction of sp³-hybridized carbons (Fsp3) is 0.263. The van der Waals surface area contributed by atoms with Crippen LogP contribution in [0.5, 0.6) is 0 Å². The van der Waals surface area contributed by atoms with Crippen molar-refractivity contribution in [1.82, 2.24) is 10.3 Å². The second-order valence-corrected chi connectivity index (χ2v) is 5.69. The molecule has 0 radical (unpaired) electrons. The van der Waals surface area contributed by atoms with Gasteiger partial charge in [-0.1, -0.05) is 24.3 Å². The monoisotopic (exact) mass is 308 g/mol. The van der Waals surface area contributed by atoms with E-state index >= 15 is 0 Å². The number of para-hydroxylation sites is 1. The molecule has 1 aromatic carbocycles. The van der Waals surface area contributed by atoms with E-state index in [4.69, 9.17) is 4.42 Å². The van der Waals surface area contributed by atoms with E-state index in [1.54, 1.807) is 6.20 Å². The highest BCUT2D eigenvalue weighted by molar-refractivity contribution is 5.99. The molecule has 4 heteroatoms. The zero-order valence-corrected chi connectivity index (χ0v) is 13.4. The van der Waals surface area contributed by atoms with Crippen LogP contribution in [0.25, 0.3) is 11.0 Å². The van der Waals surface area contributed by atoms with Crippen LogP contribution in [0.15, 0.2) is 47.0 Å². The predicted octanol–water partition coefficient (Wildman–Crippen LogP) is 3.81. The summed E-state index contributed by atoms with van der Waals surface area (Å²) < 4.78 is 5.78. The Kier molecular flexibility index (Phi) is 4.42. The summed E-state index contributed by atoms with van der Waals surface area (Å²) in [6, 6.07) is 11.8. The number of rotatable bonds is 5. The van der Waals surface area contributed by atoms with Crippen LogP contribution in [0.1, 0.15) is 33.8 Å². The van der Waals surface area contributed by atoms with E-state index in [0.29, 0.717) is 12.3 Å². The van der Waals surface area contributed by atoms with Gasteiger partial charge in [-0.05, 0) is 44.4 Å². The molecule has 0 aliphatic carbocycles. The van der Waals surface area contributed by atoms with Gasteiger partial charge < -0.3 is 9.73 Å². The number of hydrogen-bond acceptors (Lipinski definition) is 3. The molecular weight excluding hydrogens is 288 g/mol. The maximum atomic E-state index is 12.3. The first-order chi connectivity index (χ1) is 11.2. The number of furan rings is 1. The van der Waals surface area contributed by atoms with Gasteiger partial charge in [0.1, 0.15) is 5.58 Å². The number of hydrogen-bond donors (Lipinski definition) is 1. The summed E-state index contributed by atoms with van der Waals surface area (Å²) in [6.07, 6.45) is 3.48. The van der Waals surface area contributed by atoms with Crippen molar-refractivity contribution >= 4 is 16.9 Å². The van der Waals surface area contributed by atoms with Gasteiger partial charge >= 0.3 is 0 Å². The number of nitrogens with zero attached hydrogens (tertiary/aromatic N) is 1. The summed E-state index contributed by atoms with van der Waals surface area (Å²) in [6.45, 7) is 4.51. The number of benzene rings is 1. The van der Waals surface area contributed by atoms with E-state index in [1.165, 1.54) is 0 Å². The maximum absolute atomic E-state index is 12.3. The van der Waals surface area contributed by atoms with Crippen molar-refractivity contribution in [3.8, 4) is 0 Å². The SMILES string of the molecule is Cc1c(C(=O)NCCCc2ccccn2)oc2c(C)cccc12. The minimum absolute atomic E-state index is 0.154. The molecule has 1 amide bonds. The predicted molar refractivity (Wildman–Crippen MR) is 90.6 cm³/mol. The van der Waals surface area contributed by atoms with E-state index < -0.39 is 0 Å². The average molecular weight is 308 g/mol. The largest absolute Gasteiger partial charge is 0.450 e. The van der Waals surface area contributed by atoms with Crippen LogP contribution in [0, 0.1) is 13.8 Å². The molecule has 0 aliphatic rings. The Morgan fingerprint density at radius 1 is 1.17 bits per heavy atom. The number of amides is 1. The molecule has 0 atom stereocenters. The Morgan fingerprint density at radius 3 is 2.78 bits per heavy atom. The first kappa shape index (κ1) is 15.3. The first-order valence-electron chi connectivity index (χ1n) is 7.83. The normalized spacial score (nSPS) is 10.9. The van der Waals surface area contributed by atoms with Gasteiger partial charge in [-0.2, -0.15) is 0 Å². The Balaban J connectivity index is 1.62. The smallest absolute Gasteiger partial charge is 0.287 e. The second-order valence-electron chi connectivity index (χ2n) is 5.69. The molecule has 118 valence electrons. The second kappa shape index (κ2) is 6.65. The number of carbonyl (C=O) groups is 1. The average Bonchev–Trinajstić information content (AvgIpc) is 2.91. The summed E-state index contributed by atoms with van der Waals surface area (Å²) in [5.74, 6) is 0.256. The molecule has 4 nitrogen and oxygen atoms in total. The molecule has 0 spiro atoms. The molecule has 0 fully saturated rings. The third-order valence-corrected chi connectivity index (χ3v) is 3.99. The Morgan fingerprint density at radius 2 is 2.04 bits per heavy atom. The van der Waals surface area contributed by atoms with Gasteiger partial charge in [0.2, 0.25) is 0 Å². The van der Waals surface area contributed by atoms with Gasteiger partial charge in [-0.3, -0.25) is 9.78 Å². The molecule has 23 heavy (non-hydrogen) atoms. The zero-order valence-electron chi connectivity index (χ0n) is 13.4. The Hall–Kier alpha value is -2.62. The molecule has 1 N–H and O–H groups in total. The molecule has 3 aromatic rings. The van der Waals surface area contributed by atoms with Crippen molar-refractivity contribution in [2.45, 2.75) is 26.7 Å². The summed E-state index contributed by atoms with van der Waals surface area (Å²) >= 11 is 0. The Labute approximate surface area is 135 Å². The minimum Gasteiger partial charge on any atom is -0.450 e. The van der Waals surface area contributed by atoms with E-state index in [0.717, 1.165) is 40.6 Å². The van der Waals surface area contributed by atoms with Crippen molar-refractivity contribution < 1.29 is 9.21 Å². The lowest BCUT2D eigenvalue weighted by molar-refractivity contribution is 0.0927. The van der Waals surface area contributed by atoms with Crippen LogP contribution in [0.2, 0.25) is 0 Å². The highest BCUT2D eigenvalue weighted by Gasteiger charge is 2.17. The van der Waals surface area contributed by atoms with Gasteiger partial charge in [0, 0.05) is 29.4 Å². The molecule has 2 heterocycles. The number of pyridine rings is 1. The third-order valence-electron chi connectivity index (χ3n) is 3.99. The van der Waals surface area contributed by atoms with Gasteiger partial charge in [0.25, 0.3) is 5.91 Å². The van der Waals surface area contributed by atoms with Gasteiger partial charge in [0.15, 0.2) is 5.76 Å². The van der Waals surface area contributed by atoms with Crippen molar-refractivity contribution in [2.75, 3.05) is 6.54 Å². The third kappa shape index (κ3) is 3.26. The molecule has 2 aromatic heterocycles. The van der Waals surface area contributed by atoms with Gasteiger partial charge in [-0.25, -0.2) is 0 Å². The molecule has 0 saturated carbocycles. The quantitative estimate of drug-likeness (QED) is 0.729. The number of aromatic nitrogens is 1. The standard InChI is InChI=1S/C19H20N2O2/c1-13-7-5-10-16-14(2)18(23-17(13)16)19(22)21-12-6-9-15-8-3-4-11-20-15/h3-5,7-8,10-11H,6,9,12H2,1-2H3,(H,21,22). The maximum Gasteiger partial charge on any atom is 0.287 e. The number of nitrogens with one attached hydrogen (secondary N) is 1. The summed E-state index contributed by atoms with van der Waals surface area (Å²) in [4.78, 5) is 16.6. The molecule has 3 rings (SSSR count). The fourth-order valence-corrected chi connectivity index (χ4v) is 2.70. The van der Waals surface area contributed by atoms with E-state index in [1.807, 2.05) is 50.2 Å². The summed E-state index contributed by atoms with van der Waals surface area (Å²) in [7, 11) is 0. The number of fused-ring (bicyclic) bond motifs is 1. The van der Waals surface area contributed by atoms with Crippen molar-refractivity contribution in [3.63, 3.8) is 0 Å². The van der Waals surface area contributed by atoms with E-state index in [2.05, 4.69) is 10.3 Å². The molecule has 0 unspecified atom stereocenters. The topological polar surface area (TPSA) is 55.1 Å². The van der Waals surface area contributed by atoms with Gasteiger partial charge in [-0.15, -0.1) is 0 Å². The molecule has 0 saturated heterocycles. The number of carbonyl (C=O) groups excluding carboxylic acids is 1. The minimum atomic E-state index is -0.154. The van der Waals surface area contributed by atoms with Gasteiger partial charge in [0.05, 0.1) is 0 Å². The van der Waals surface area contributed by atoms with E-state index in [-0.39, 0.29) is 5.91 Å². The van der Waals surface area contributed by atoms with Crippen LogP contribution in [0.3, 0.4) is 0 Å². The summed E-state index contributed by atoms with van der Waals surface area (Å²) in [5, 5.41) is 3.93. The lowest BCUT2D eigenvalue weighted by atomic mass is 10.1. The van der Waals surface area contributed by atoms with Crippen LogP contribution >= 0.6 is 0 Å². The lowest BCUT2D eigenvalue weighted by Gasteiger charge is -2.04. The van der Waals surface area contributed by atoms with Crippen LogP contribution in [0.4, 0.5) is 0 Å². The van der Waals surface area contributed by atoms with Crippen LogP contribution < -0.4 is 5.32 Å². The Bertz CT molecular complexity index is 822. The first-order valence-corrected chi connectivity index (χ1v) is 7.83. The van der Waals surface area contributed by atoms with E-state index in [9.17, 15) is 4.79 Å². The number of aryl methyl sites for hydroxylation is 3. The molecule has 0 bridgehead atoms. The van der Waals surface area contributed by atoms with Crippen molar-refractivity contribution in [2.24, 2.45) is 0 Å². The highest BCUT2D eigenvalue weighted by Crippen LogP contribution is 2.27. The lowest BCUT2D eigenvalue weighted by Crippen LogP contribution is -2.25. The van der Waals surface area contributed by atoms with Crippen molar-refractivity contribution in [1.29, 1.82) is 0 Å². The van der Waals surface area contributed by atoms with Crippen LogP contribution in [-0.2, 0) is 6.42 Å². The van der Waals surface area contributed by atoms with Crippen molar-refractivity contribution in [3.05, 3.63) is 65.2 Å². The summed E-state index contributed by atoms with van der Waals surface area (Å²) in [5.41, 5.74) is 3.77. The van der Waals surface area contributed by atoms with Crippen LogP contribution in [-0.4, -0.2) is 17.4 Å². The fourth-order valence-electron chi connectivity index (χ4n) is 2.70.